The van der Waals surface area contributed by atoms with Crippen molar-refractivity contribution in [3.63, 3.8) is 0 Å². The molecule has 0 radical (unpaired) electrons. The Morgan fingerprint density at radius 1 is 1.45 bits per heavy atom. The summed E-state index contributed by atoms with van der Waals surface area (Å²) in [4.78, 5) is 17.6. The summed E-state index contributed by atoms with van der Waals surface area (Å²) in [6.07, 6.45) is 1.76. The molecule has 106 valence electrons. The Morgan fingerprint density at radius 3 is 3.00 bits per heavy atom. The fraction of sp³-hybridized carbons (Fsp3) is 0.400. The Hall–Kier alpha value is -2.01. The first-order valence-electron chi connectivity index (χ1n) is 6.76. The average Bonchev–Trinajstić information content (AvgIpc) is 2.79. The Kier molecular flexibility index (Phi) is 2.94. The number of carbonyl (C=O) groups excluding carboxylic acids is 1. The van der Waals surface area contributed by atoms with Gasteiger partial charge in [0.1, 0.15) is 0 Å². The van der Waals surface area contributed by atoms with Crippen LogP contribution >= 0.6 is 0 Å². The first-order valence-corrected chi connectivity index (χ1v) is 6.76. The molecule has 1 amide bonds. The highest BCUT2D eigenvalue weighted by atomic mass is 16.5. The smallest absolute Gasteiger partial charge is 0.256 e. The van der Waals surface area contributed by atoms with E-state index in [1.165, 1.54) is 0 Å². The molecule has 2 aromatic rings. The SMILES string of the molecule is CC1(C)CN(C(=O)c2c[nH]c3ccc(N)cc23)CCO1. The van der Waals surface area contributed by atoms with E-state index in [9.17, 15) is 4.79 Å². The summed E-state index contributed by atoms with van der Waals surface area (Å²) in [5.41, 5.74) is 7.78. The zero-order valence-electron chi connectivity index (χ0n) is 11.8. The number of fused-ring (bicyclic) bond motifs is 1. The van der Waals surface area contributed by atoms with Crippen molar-refractivity contribution in [2.75, 3.05) is 25.4 Å². The summed E-state index contributed by atoms with van der Waals surface area (Å²) in [6.45, 7) is 5.79. The Labute approximate surface area is 117 Å². The third-order valence-corrected chi connectivity index (χ3v) is 3.65. The summed E-state index contributed by atoms with van der Waals surface area (Å²) in [5.74, 6) is 0.0261. The van der Waals surface area contributed by atoms with E-state index in [0.29, 0.717) is 30.9 Å². The number of nitrogens with two attached hydrogens (primary N) is 1. The number of rotatable bonds is 1. The monoisotopic (exact) mass is 273 g/mol. The molecule has 3 N–H and O–H groups in total. The molecule has 2 heterocycles. The van der Waals surface area contributed by atoms with Gasteiger partial charge in [0.15, 0.2) is 0 Å². The van der Waals surface area contributed by atoms with Crippen molar-refractivity contribution >= 4 is 22.5 Å². The van der Waals surface area contributed by atoms with E-state index in [0.717, 1.165) is 10.9 Å². The molecule has 5 heteroatoms. The maximum Gasteiger partial charge on any atom is 0.256 e. The molecule has 1 saturated heterocycles. The fourth-order valence-electron chi connectivity index (χ4n) is 2.68. The quantitative estimate of drug-likeness (QED) is 0.781. The molecule has 3 rings (SSSR count). The number of amides is 1. The fourth-order valence-corrected chi connectivity index (χ4v) is 2.68. The van der Waals surface area contributed by atoms with Crippen LogP contribution < -0.4 is 5.73 Å². The summed E-state index contributed by atoms with van der Waals surface area (Å²) < 4.78 is 5.65. The van der Waals surface area contributed by atoms with Crippen LogP contribution in [-0.4, -0.2) is 41.1 Å². The van der Waals surface area contributed by atoms with Gasteiger partial charge in [-0.25, -0.2) is 0 Å². The van der Waals surface area contributed by atoms with Crippen LogP contribution in [0.4, 0.5) is 5.69 Å². The van der Waals surface area contributed by atoms with Crippen molar-refractivity contribution in [2.45, 2.75) is 19.4 Å². The number of nitrogens with zero attached hydrogens (tertiary/aromatic N) is 1. The maximum absolute atomic E-state index is 12.7. The number of nitrogen functional groups attached to an aromatic ring is 1. The van der Waals surface area contributed by atoms with E-state index >= 15 is 0 Å². The van der Waals surface area contributed by atoms with Crippen LogP contribution in [-0.2, 0) is 4.74 Å². The van der Waals surface area contributed by atoms with Crippen LogP contribution in [0, 0.1) is 0 Å². The topological polar surface area (TPSA) is 71.4 Å². The lowest BCUT2D eigenvalue weighted by Gasteiger charge is -2.38. The van der Waals surface area contributed by atoms with Crippen LogP contribution in [0.15, 0.2) is 24.4 Å². The normalized spacial score (nSPS) is 18.4. The molecular weight excluding hydrogens is 254 g/mol. The van der Waals surface area contributed by atoms with Crippen molar-refractivity contribution in [3.05, 3.63) is 30.0 Å². The number of carbonyl (C=O) groups is 1. The van der Waals surface area contributed by atoms with Gasteiger partial charge >= 0.3 is 0 Å². The molecule has 1 fully saturated rings. The van der Waals surface area contributed by atoms with Gasteiger partial charge in [0.05, 0.1) is 17.8 Å². The highest BCUT2D eigenvalue weighted by Gasteiger charge is 2.31. The van der Waals surface area contributed by atoms with E-state index in [2.05, 4.69) is 4.98 Å². The second-order valence-electron chi connectivity index (χ2n) is 5.84. The second-order valence-corrected chi connectivity index (χ2v) is 5.84. The summed E-state index contributed by atoms with van der Waals surface area (Å²) in [5, 5.41) is 0.874. The molecule has 1 aliphatic heterocycles. The predicted octanol–water partition coefficient (Wildman–Crippen LogP) is 2.00. The van der Waals surface area contributed by atoms with Gasteiger partial charge in [-0.3, -0.25) is 4.79 Å². The van der Waals surface area contributed by atoms with Crippen molar-refractivity contribution in [2.24, 2.45) is 0 Å². The molecule has 20 heavy (non-hydrogen) atoms. The number of anilines is 1. The van der Waals surface area contributed by atoms with E-state index in [-0.39, 0.29) is 11.5 Å². The van der Waals surface area contributed by atoms with Crippen LogP contribution in [0.1, 0.15) is 24.2 Å². The van der Waals surface area contributed by atoms with Crippen molar-refractivity contribution in [3.8, 4) is 0 Å². The summed E-state index contributed by atoms with van der Waals surface area (Å²) in [6, 6.07) is 5.56. The summed E-state index contributed by atoms with van der Waals surface area (Å²) in [7, 11) is 0. The number of nitrogens with one attached hydrogen (secondary N) is 1. The number of aromatic amines is 1. The van der Waals surface area contributed by atoms with Crippen LogP contribution in [0.5, 0.6) is 0 Å². The minimum Gasteiger partial charge on any atom is -0.399 e. The third kappa shape index (κ3) is 2.25. The second kappa shape index (κ2) is 4.52. The predicted molar refractivity (Wildman–Crippen MR) is 78.6 cm³/mol. The molecular formula is C15H19N3O2. The van der Waals surface area contributed by atoms with Gasteiger partial charge in [0.25, 0.3) is 5.91 Å². The van der Waals surface area contributed by atoms with Crippen molar-refractivity contribution in [1.29, 1.82) is 0 Å². The zero-order valence-corrected chi connectivity index (χ0v) is 11.8. The van der Waals surface area contributed by atoms with E-state index < -0.39 is 0 Å². The van der Waals surface area contributed by atoms with Gasteiger partial charge in [0, 0.05) is 35.9 Å². The zero-order chi connectivity index (χ0) is 14.3. The highest BCUT2D eigenvalue weighted by Crippen LogP contribution is 2.24. The number of H-pyrrole nitrogens is 1. The largest absolute Gasteiger partial charge is 0.399 e. The molecule has 0 bridgehead atoms. The average molecular weight is 273 g/mol. The Balaban J connectivity index is 1.94. The van der Waals surface area contributed by atoms with Crippen LogP contribution in [0.25, 0.3) is 10.9 Å². The van der Waals surface area contributed by atoms with Gasteiger partial charge in [-0.2, -0.15) is 0 Å². The lowest BCUT2D eigenvalue weighted by Crippen LogP contribution is -2.50. The molecule has 1 aromatic heterocycles. The van der Waals surface area contributed by atoms with Gasteiger partial charge in [0.2, 0.25) is 0 Å². The highest BCUT2D eigenvalue weighted by molar-refractivity contribution is 6.07. The first kappa shape index (κ1) is 13.0. The Morgan fingerprint density at radius 2 is 2.25 bits per heavy atom. The summed E-state index contributed by atoms with van der Waals surface area (Å²) >= 11 is 0. The molecule has 0 spiro atoms. The van der Waals surface area contributed by atoms with Crippen LogP contribution in [0.3, 0.4) is 0 Å². The number of hydrogen-bond acceptors (Lipinski definition) is 3. The van der Waals surface area contributed by atoms with E-state index in [1.54, 1.807) is 6.20 Å². The molecule has 5 nitrogen and oxygen atoms in total. The number of ether oxygens (including phenoxy) is 1. The number of aromatic nitrogens is 1. The molecule has 0 saturated carbocycles. The number of hydrogen-bond donors (Lipinski definition) is 2. The van der Waals surface area contributed by atoms with E-state index in [1.807, 2.05) is 36.9 Å². The van der Waals surface area contributed by atoms with Gasteiger partial charge in [-0.1, -0.05) is 0 Å². The standard InChI is InChI=1S/C15H19N3O2/c1-15(2)9-18(5-6-20-15)14(19)12-8-17-13-4-3-10(16)7-11(12)13/h3-4,7-8,17H,5-6,9,16H2,1-2H3. The lowest BCUT2D eigenvalue weighted by atomic mass is 10.1. The van der Waals surface area contributed by atoms with Gasteiger partial charge < -0.3 is 20.4 Å². The van der Waals surface area contributed by atoms with E-state index in [4.69, 9.17) is 10.5 Å². The molecule has 0 atom stereocenters. The van der Waals surface area contributed by atoms with Crippen LogP contribution in [0.2, 0.25) is 0 Å². The first-order chi connectivity index (χ1) is 9.46. The minimum atomic E-state index is -0.293. The maximum atomic E-state index is 12.7. The molecule has 1 aliphatic rings. The van der Waals surface area contributed by atoms with Crippen molar-refractivity contribution < 1.29 is 9.53 Å². The number of benzene rings is 1. The van der Waals surface area contributed by atoms with Gasteiger partial charge in [-0.15, -0.1) is 0 Å². The minimum absolute atomic E-state index is 0.0261. The number of morpholine rings is 1. The lowest BCUT2D eigenvalue weighted by molar-refractivity contribution is -0.0763. The Bertz CT molecular complexity index is 660. The molecule has 1 aromatic carbocycles. The molecule has 0 aliphatic carbocycles. The third-order valence-electron chi connectivity index (χ3n) is 3.65. The van der Waals surface area contributed by atoms with Crippen molar-refractivity contribution in [1.82, 2.24) is 9.88 Å². The van der Waals surface area contributed by atoms with Gasteiger partial charge in [-0.05, 0) is 32.0 Å². The molecule has 0 unspecified atom stereocenters.